The van der Waals surface area contributed by atoms with Gasteiger partial charge in [0.2, 0.25) is 0 Å². The maximum Gasteiger partial charge on any atom is 0.357 e. The van der Waals surface area contributed by atoms with E-state index in [0.29, 0.717) is 5.39 Å². The monoisotopic (exact) mass is 316 g/mol. The van der Waals surface area contributed by atoms with Gasteiger partial charge >= 0.3 is 5.97 Å². The number of hydrogen-bond donors (Lipinski definition) is 1. The third-order valence-corrected chi connectivity index (χ3v) is 3.34. The van der Waals surface area contributed by atoms with Gasteiger partial charge < -0.3 is 5.11 Å². The second-order valence-corrected chi connectivity index (χ2v) is 4.98. The van der Waals surface area contributed by atoms with Crippen molar-refractivity contribution < 1.29 is 9.90 Å². The molecule has 4 nitrogen and oxygen atoms in total. The molecule has 0 amide bonds. The molecule has 0 aliphatic rings. The zero-order valence-corrected chi connectivity index (χ0v) is 11.3. The summed E-state index contributed by atoms with van der Waals surface area (Å²) in [5, 5.41) is 14.1. The Balaban J connectivity index is 2.35. The van der Waals surface area contributed by atoms with Crippen LogP contribution in [0, 0.1) is 0 Å². The van der Waals surface area contributed by atoms with Crippen molar-refractivity contribution in [1.82, 2.24) is 9.78 Å². The number of para-hydroxylation sites is 1. The molecule has 0 saturated carbocycles. The van der Waals surface area contributed by atoms with E-state index in [1.54, 1.807) is 10.7 Å². The lowest BCUT2D eigenvalue weighted by Crippen LogP contribution is -2.01. The number of aromatic carboxylic acids is 1. The first-order valence-electron chi connectivity index (χ1n) is 5.64. The first kappa shape index (κ1) is 11.9. The Morgan fingerprint density at radius 2 is 1.89 bits per heavy atom. The maximum atomic E-state index is 11.3. The lowest BCUT2D eigenvalue weighted by atomic mass is 10.2. The van der Waals surface area contributed by atoms with Crippen LogP contribution in [0.3, 0.4) is 0 Å². The van der Waals surface area contributed by atoms with Crippen molar-refractivity contribution >= 4 is 32.8 Å². The van der Waals surface area contributed by atoms with Gasteiger partial charge in [0.25, 0.3) is 0 Å². The number of fused-ring (bicyclic) bond motifs is 1. The normalized spacial score (nSPS) is 10.8. The van der Waals surface area contributed by atoms with Crippen LogP contribution in [-0.4, -0.2) is 20.9 Å². The number of benzene rings is 2. The van der Waals surface area contributed by atoms with E-state index in [2.05, 4.69) is 21.0 Å². The highest BCUT2D eigenvalue weighted by Crippen LogP contribution is 2.25. The van der Waals surface area contributed by atoms with Crippen LogP contribution in [-0.2, 0) is 0 Å². The van der Waals surface area contributed by atoms with Crippen LogP contribution in [0.15, 0.2) is 53.0 Å². The van der Waals surface area contributed by atoms with E-state index in [0.717, 1.165) is 15.7 Å². The van der Waals surface area contributed by atoms with Gasteiger partial charge in [-0.3, -0.25) is 0 Å². The van der Waals surface area contributed by atoms with Crippen LogP contribution < -0.4 is 0 Å². The number of carbonyl (C=O) groups is 1. The molecule has 0 radical (unpaired) electrons. The van der Waals surface area contributed by atoms with Crippen molar-refractivity contribution in [3.8, 4) is 5.69 Å². The largest absolute Gasteiger partial charge is 0.476 e. The molecule has 0 fully saturated rings. The fourth-order valence-electron chi connectivity index (χ4n) is 2.01. The van der Waals surface area contributed by atoms with Crippen molar-refractivity contribution in [2.75, 3.05) is 0 Å². The van der Waals surface area contributed by atoms with Gasteiger partial charge in [0.15, 0.2) is 5.69 Å². The minimum atomic E-state index is -1.03. The predicted octanol–water partition coefficient (Wildman–Crippen LogP) is 3.49. The van der Waals surface area contributed by atoms with Crippen LogP contribution in [0.5, 0.6) is 0 Å². The molecule has 0 bridgehead atoms. The quantitative estimate of drug-likeness (QED) is 0.787. The first-order chi connectivity index (χ1) is 9.16. The van der Waals surface area contributed by atoms with Gasteiger partial charge in [0, 0.05) is 9.86 Å². The summed E-state index contributed by atoms with van der Waals surface area (Å²) in [6.45, 7) is 0. The highest BCUT2D eigenvalue weighted by atomic mass is 79.9. The van der Waals surface area contributed by atoms with Gasteiger partial charge in [-0.2, -0.15) is 5.10 Å². The molecule has 19 heavy (non-hydrogen) atoms. The minimum absolute atomic E-state index is 0.0557. The van der Waals surface area contributed by atoms with E-state index in [-0.39, 0.29) is 5.69 Å². The molecule has 5 heteroatoms. The fraction of sp³-hybridized carbons (Fsp3) is 0. The van der Waals surface area contributed by atoms with Gasteiger partial charge in [-0.25, -0.2) is 9.48 Å². The topological polar surface area (TPSA) is 55.1 Å². The summed E-state index contributed by atoms with van der Waals surface area (Å²) in [5.74, 6) is -1.03. The predicted molar refractivity (Wildman–Crippen MR) is 75.7 cm³/mol. The van der Waals surface area contributed by atoms with Crippen LogP contribution in [0.25, 0.3) is 16.6 Å². The zero-order chi connectivity index (χ0) is 13.4. The Labute approximate surface area is 117 Å². The average molecular weight is 317 g/mol. The number of nitrogens with zero attached hydrogens (tertiary/aromatic N) is 2. The minimum Gasteiger partial charge on any atom is -0.476 e. The third-order valence-electron chi connectivity index (χ3n) is 2.85. The van der Waals surface area contributed by atoms with Gasteiger partial charge in [0.1, 0.15) is 0 Å². The van der Waals surface area contributed by atoms with E-state index in [1.165, 1.54) is 0 Å². The average Bonchev–Trinajstić information content (AvgIpc) is 2.78. The molecular formula is C14H9BrN2O2. The van der Waals surface area contributed by atoms with E-state index < -0.39 is 5.97 Å². The molecule has 0 aliphatic carbocycles. The zero-order valence-electron chi connectivity index (χ0n) is 9.75. The summed E-state index contributed by atoms with van der Waals surface area (Å²) in [5.41, 5.74) is 1.66. The fourth-order valence-corrected chi connectivity index (χ4v) is 2.38. The molecule has 1 N–H and O–H groups in total. The van der Waals surface area contributed by atoms with E-state index in [4.69, 9.17) is 0 Å². The number of carboxylic acid groups (broad SMARTS) is 1. The van der Waals surface area contributed by atoms with Crippen molar-refractivity contribution in [2.45, 2.75) is 0 Å². The Morgan fingerprint density at radius 3 is 2.58 bits per heavy atom. The highest BCUT2D eigenvalue weighted by molar-refractivity contribution is 9.10. The summed E-state index contributed by atoms with van der Waals surface area (Å²) in [6.07, 6.45) is 0. The number of aromatic nitrogens is 2. The molecule has 2 aromatic carbocycles. The van der Waals surface area contributed by atoms with Crippen molar-refractivity contribution in [2.24, 2.45) is 0 Å². The molecule has 1 heterocycles. The van der Waals surface area contributed by atoms with Crippen LogP contribution in [0.1, 0.15) is 10.5 Å². The van der Waals surface area contributed by atoms with Crippen molar-refractivity contribution in [3.05, 3.63) is 58.7 Å². The smallest absolute Gasteiger partial charge is 0.357 e. The SMILES string of the molecule is O=C(O)c1nn(-c2ccccc2)c2ccc(Br)cc12. The summed E-state index contributed by atoms with van der Waals surface area (Å²) < 4.78 is 2.47. The van der Waals surface area contributed by atoms with E-state index >= 15 is 0 Å². The molecule has 0 spiro atoms. The van der Waals surface area contributed by atoms with Crippen molar-refractivity contribution in [3.63, 3.8) is 0 Å². The summed E-state index contributed by atoms with van der Waals surface area (Å²) in [6, 6.07) is 15.0. The first-order valence-corrected chi connectivity index (χ1v) is 6.43. The number of hydrogen-bond acceptors (Lipinski definition) is 2. The molecule has 0 unspecified atom stereocenters. The molecule has 94 valence electrons. The van der Waals surface area contributed by atoms with Crippen molar-refractivity contribution in [1.29, 1.82) is 0 Å². The van der Waals surface area contributed by atoms with Gasteiger partial charge in [-0.1, -0.05) is 34.1 Å². The van der Waals surface area contributed by atoms with Gasteiger partial charge in [-0.05, 0) is 30.3 Å². The lowest BCUT2D eigenvalue weighted by Gasteiger charge is -2.02. The third kappa shape index (κ3) is 2.02. The van der Waals surface area contributed by atoms with E-state index in [1.807, 2.05) is 42.5 Å². The number of halogens is 1. The van der Waals surface area contributed by atoms with Crippen LogP contribution in [0.4, 0.5) is 0 Å². The summed E-state index contributed by atoms with van der Waals surface area (Å²) in [4.78, 5) is 11.3. The molecule has 3 rings (SSSR count). The molecule has 0 saturated heterocycles. The second-order valence-electron chi connectivity index (χ2n) is 4.06. The Bertz CT molecular complexity index is 766. The second kappa shape index (κ2) is 4.51. The molecular weight excluding hydrogens is 308 g/mol. The molecule has 0 atom stereocenters. The standard InChI is InChI=1S/C14H9BrN2O2/c15-9-6-7-12-11(8-9)13(14(18)19)16-17(12)10-4-2-1-3-5-10/h1-8H,(H,18,19). The summed E-state index contributed by atoms with van der Waals surface area (Å²) in [7, 11) is 0. The summed E-state index contributed by atoms with van der Waals surface area (Å²) >= 11 is 3.35. The molecule has 3 aromatic rings. The number of rotatable bonds is 2. The number of carboxylic acids is 1. The Kier molecular flexibility index (Phi) is 2.83. The Hall–Kier alpha value is -2.14. The molecule has 0 aliphatic heterocycles. The lowest BCUT2D eigenvalue weighted by molar-refractivity contribution is 0.0692. The van der Waals surface area contributed by atoms with Gasteiger partial charge in [-0.15, -0.1) is 0 Å². The van der Waals surface area contributed by atoms with Gasteiger partial charge in [0.05, 0.1) is 11.2 Å². The van der Waals surface area contributed by atoms with Crippen LogP contribution >= 0.6 is 15.9 Å². The van der Waals surface area contributed by atoms with E-state index in [9.17, 15) is 9.90 Å². The molecule has 1 aromatic heterocycles. The maximum absolute atomic E-state index is 11.3. The van der Waals surface area contributed by atoms with Crippen LogP contribution in [0.2, 0.25) is 0 Å². The highest BCUT2D eigenvalue weighted by Gasteiger charge is 2.17. The Morgan fingerprint density at radius 1 is 1.16 bits per heavy atom.